The smallest absolute Gasteiger partial charge is 0.357 e. The molecule has 4 bridgehead atoms. The maximum absolute atomic E-state index is 13.1. The number of phenolic OH excluding ortho intramolecular Hbond substituents is 1. The molecule has 0 aliphatic heterocycles. The molecule has 0 unspecified atom stereocenters. The summed E-state index contributed by atoms with van der Waals surface area (Å²) in [5.41, 5.74) is 3.05. The molecular weight excluding hydrogens is 468 g/mol. The van der Waals surface area contributed by atoms with Crippen LogP contribution in [0.5, 0.6) is 5.75 Å². The number of benzene rings is 2. The highest BCUT2D eigenvalue weighted by Crippen LogP contribution is 2.62. The fourth-order valence-corrected chi connectivity index (χ4v) is 7.75. The van der Waals surface area contributed by atoms with E-state index in [1.807, 2.05) is 31.2 Å². The Labute approximate surface area is 216 Å². The number of aromatic nitrogens is 2. The Kier molecular flexibility index (Phi) is 5.62. The zero-order chi connectivity index (χ0) is 25.9. The van der Waals surface area contributed by atoms with Gasteiger partial charge in [0.05, 0.1) is 19.9 Å². The van der Waals surface area contributed by atoms with Gasteiger partial charge < -0.3 is 14.6 Å². The Balaban J connectivity index is 1.58. The van der Waals surface area contributed by atoms with Crippen LogP contribution in [0.15, 0.2) is 42.5 Å². The average Bonchev–Trinajstić information content (AvgIpc) is 3.29. The van der Waals surface area contributed by atoms with Gasteiger partial charge in [-0.2, -0.15) is 5.10 Å². The highest BCUT2D eigenvalue weighted by Gasteiger charge is 2.52. The predicted octanol–water partition coefficient (Wildman–Crippen LogP) is 5.59. The normalized spacial score (nSPS) is 25.8. The number of ether oxygens (including phenoxy) is 2. The van der Waals surface area contributed by atoms with E-state index in [0.29, 0.717) is 29.0 Å². The number of esters is 2. The van der Waals surface area contributed by atoms with E-state index in [4.69, 9.17) is 14.6 Å². The van der Waals surface area contributed by atoms with Crippen LogP contribution in [0.2, 0.25) is 0 Å². The molecule has 4 aliphatic rings. The minimum Gasteiger partial charge on any atom is -0.507 e. The molecule has 3 aromatic rings. The van der Waals surface area contributed by atoms with Crippen molar-refractivity contribution in [2.24, 2.45) is 17.8 Å². The van der Waals surface area contributed by atoms with Crippen molar-refractivity contribution < 1.29 is 24.2 Å². The molecule has 4 fully saturated rings. The molecule has 7 rings (SSSR count). The molecule has 7 heteroatoms. The lowest BCUT2D eigenvalue weighted by atomic mass is 9.48. The Hall–Kier alpha value is -3.61. The second-order valence-corrected chi connectivity index (χ2v) is 11.2. The van der Waals surface area contributed by atoms with Crippen molar-refractivity contribution in [1.29, 1.82) is 0 Å². The average molecular weight is 501 g/mol. The predicted molar refractivity (Wildman–Crippen MR) is 138 cm³/mol. The topological polar surface area (TPSA) is 90.6 Å². The molecule has 192 valence electrons. The molecular formula is C30H32N2O5. The van der Waals surface area contributed by atoms with E-state index >= 15 is 0 Å². The molecule has 37 heavy (non-hydrogen) atoms. The third kappa shape index (κ3) is 3.74. The molecule has 4 aliphatic carbocycles. The van der Waals surface area contributed by atoms with E-state index in [1.165, 1.54) is 38.2 Å². The van der Waals surface area contributed by atoms with Gasteiger partial charge in [-0.3, -0.25) is 0 Å². The molecule has 0 radical (unpaired) electrons. The zero-order valence-corrected chi connectivity index (χ0v) is 21.5. The SMILES string of the molecule is COC(=O)c1c(-c2cc(C)cc(C34CC5CC(CC(C5)C3)C4)c2O)nn(-c2ccccc2)c1C(=O)OC. The Morgan fingerprint density at radius 2 is 1.54 bits per heavy atom. The monoisotopic (exact) mass is 500 g/mol. The molecule has 4 saturated carbocycles. The van der Waals surface area contributed by atoms with Crippen LogP contribution in [0.25, 0.3) is 16.9 Å². The third-order valence-corrected chi connectivity index (χ3v) is 8.77. The fraction of sp³-hybridized carbons (Fsp3) is 0.433. The van der Waals surface area contributed by atoms with Crippen LogP contribution in [0, 0.1) is 24.7 Å². The van der Waals surface area contributed by atoms with Crippen LogP contribution < -0.4 is 0 Å². The summed E-state index contributed by atoms with van der Waals surface area (Å²) in [6, 6.07) is 13.0. The number of carbonyl (C=O) groups excluding carboxylic acids is 2. The molecule has 1 N–H and O–H groups in total. The number of carbonyl (C=O) groups is 2. The first-order valence-electron chi connectivity index (χ1n) is 13.0. The van der Waals surface area contributed by atoms with Crippen LogP contribution in [-0.2, 0) is 14.9 Å². The first-order chi connectivity index (χ1) is 17.8. The first-order valence-corrected chi connectivity index (χ1v) is 13.0. The van der Waals surface area contributed by atoms with E-state index in [0.717, 1.165) is 30.4 Å². The van der Waals surface area contributed by atoms with Crippen molar-refractivity contribution in [2.75, 3.05) is 14.2 Å². The van der Waals surface area contributed by atoms with Gasteiger partial charge in [-0.1, -0.05) is 24.3 Å². The van der Waals surface area contributed by atoms with Crippen LogP contribution >= 0.6 is 0 Å². The summed E-state index contributed by atoms with van der Waals surface area (Å²) in [5, 5.41) is 16.6. The van der Waals surface area contributed by atoms with E-state index in [-0.39, 0.29) is 28.1 Å². The second kappa shape index (κ2) is 8.75. The van der Waals surface area contributed by atoms with Gasteiger partial charge in [0.15, 0.2) is 5.69 Å². The lowest BCUT2D eigenvalue weighted by Crippen LogP contribution is -2.48. The molecule has 0 saturated heterocycles. The number of aryl methyl sites for hydroxylation is 1. The minimum absolute atomic E-state index is 0.0180. The number of rotatable bonds is 5. The van der Waals surface area contributed by atoms with Crippen molar-refractivity contribution >= 4 is 11.9 Å². The number of hydrogen-bond acceptors (Lipinski definition) is 6. The van der Waals surface area contributed by atoms with Gasteiger partial charge in [0.25, 0.3) is 0 Å². The van der Waals surface area contributed by atoms with Gasteiger partial charge in [-0.25, -0.2) is 14.3 Å². The third-order valence-electron chi connectivity index (χ3n) is 8.77. The summed E-state index contributed by atoms with van der Waals surface area (Å²) < 4.78 is 11.6. The van der Waals surface area contributed by atoms with Crippen molar-refractivity contribution in [3.8, 4) is 22.7 Å². The zero-order valence-electron chi connectivity index (χ0n) is 21.5. The Bertz CT molecular complexity index is 1360. The number of phenols is 1. The van der Waals surface area contributed by atoms with Crippen molar-refractivity contribution in [1.82, 2.24) is 9.78 Å². The largest absolute Gasteiger partial charge is 0.507 e. The summed E-state index contributed by atoms with van der Waals surface area (Å²) in [5.74, 6) is 0.855. The van der Waals surface area contributed by atoms with Crippen molar-refractivity contribution in [3.05, 3.63) is 64.8 Å². The minimum atomic E-state index is -0.713. The van der Waals surface area contributed by atoms with E-state index in [2.05, 4.69) is 6.07 Å². The Morgan fingerprint density at radius 3 is 2.11 bits per heavy atom. The molecule has 0 atom stereocenters. The lowest BCUT2D eigenvalue weighted by molar-refractivity contribution is -0.00612. The van der Waals surface area contributed by atoms with E-state index in [1.54, 1.807) is 12.1 Å². The van der Waals surface area contributed by atoms with Crippen LogP contribution in [-0.4, -0.2) is 41.0 Å². The number of aromatic hydroxyl groups is 1. The van der Waals surface area contributed by atoms with Gasteiger partial charge in [0, 0.05) is 11.1 Å². The summed E-state index contributed by atoms with van der Waals surface area (Å²) in [6.07, 6.45) is 7.17. The molecule has 7 nitrogen and oxygen atoms in total. The van der Waals surface area contributed by atoms with E-state index in [9.17, 15) is 14.7 Å². The molecule has 0 spiro atoms. The molecule has 1 heterocycles. The number of methoxy groups -OCH3 is 2. The first kappa shape index (κ1) is 23.8. The van der Waals surface area contributed by atoms with Gasteiger partial charge >= 0.3 is 11.9 Å². The Morgan fingerprint density at radius 1 is 0.946 bits per heavy atom. The number of nitrogens with zero attached hydrogens (tertiary/aromatic N) is 2. The summed E-state index contributed by atoms with van der Waals surface area (Å²) >= 11 is 0. The standard InChI is InChI=1S/C30H32N2O5/c1-17-9-22(27(33)23(10-17)30-14-18-11-19(15-30)13-20(12-18)16-30)25-24(28(34)36-2)26(29(35)37-3)32(31-25)21-7-5-4-6-8-21/h4-10,18-20,33H,11-16H2,1-3H3. The quantitative estimate of drug-likeness (QED) is 0.459. The van der Waals surface area contributed by atoms with Crippen LogP contribution in [0.3, 0.4) is 0 Å². The van der Waals surface area contributed by atoms with Crippen molar-refractivity contribution in [2.45, 2.75) is 50.9 Å². The maximum atomic E-state index is 13.1. The summed E-state index contributed by atoms with van der Waals surface area (Å²) in [6.45, 7) is 2.00. The van der Waals surface area contributed by atoms with Gasteiger partial charge in [0.1, 0.15) is 17.0 Å². The highest BCUT2D eigenvalue weighted by atomic mass is 16.5. The van der Waals surface area contributed by atoms with E-state index < -0.39 is 11.9 Å². The number of hydrogen-bond donors (Lipinski definition) is 1. The summed E-state index contributed by atoms with van der Waals surface area (Å²) in [4.78, 5) is 26.1. The van der Waals surface area contributed by atoms with Gasteiger partial charge in [0.2, 0.25) is 0 Å². The molecule has 0 amide bonds. The summed E-state index contributed by atoms with van der Waals surface area (Å²) in [7, 11) is 2.53. The van der Waals surface area contributed by atoms with Gasteiger partial charge in [-0.15, -0.1) is 0 Å². The second-order valence-electron chi connectivity index (χ2n) is 11.2. The highest BCUT2D eigenvalue weighted by molar-refractivity contribution is 6.07. The lowest BCUT2D eigenvalue weighted by Gasteiger charge is -2.57. The molecule has 2 aromatic carbocycles. The van der Waals surface area contributed by atoms with Crippen molar-refractivity contribution in [3.63, 3.8) is 0 Å². The van der Waals surface area contributed by atoms with Crippen LogP contribution in [0.1, 0.15) is 70.5 Å². The fourth-order valence-electron chi connectivity index (χ4n) is 7.75. The van der Waals surface area contributed by atoms with Crippen LogP contribution in [0.4, 0.5) is 0 Å². The van der Waals surface area contributed by atoms with Gasteiger partial charge in [-0.05, 0) is 92.4 Å². The molecule has 1 aromatic heterocycles. The maximum Gasteiger partial charge on any atom is 0.357 e. The number of para-hydroxylation sites is 1.